The Labute approximate surface area is 148 Å². The van der Waals surface area contributed by atoms with Gasteiger partial charge in [0.15, 0.2) is 0 Å². The predicted molar refractivity (Wildman–Crippen MR) is 97.8 cm³/mol. The Morgan fingerprint density at radius 2 is 1.29 bits per heavy atom. The molecule has 0 aromatic carbocycles. The molecule has 0 aromatic rings. The van der Waals surface area contributed by atoms with E-state index in [0.29, 0.717) is 26.1 Å². The van der Waals surface area contributed by atoms with E-state index < -0.39 is 10.8 Å². The smallest absolute Gasteiger partial charge is 0.311 e. The molecule has 0 saturated carbocycles. The molecule has 0 heterocycles. The number of hydrogen-bond acceptors (Lipinski definition) is 4. The lowest BCUT2D eigenvalue weighted by Crippen LogP contribution is -2.38. The van der Waals surface area contributed by atoms with Crippen LogP contribution in [0.5, 0.6) is 0 Å². The lowest BCUT2D eigenvalue weighted by Gasteiger charge is -2.33. The van der Waals surface area contributed by atoms with Gasteiger partial charge in [-0.3, -0.25) is 9.59 Å². The van der Waals surface area contributed by atoms with Crippen molar-refractivity contribution in [2.24, 2.45) is 10.8 Å². The van der Waals surface area contributed by atoms with Crippen LogP contribution in [0.1, 0.15) is 92.9 Å². The minimum atomic E-state index is -0.695. The largest absolute Gasteiger partial charge is 0.465 e. The third-order valence-corrected chi connectivity index (χ3v) is 4.62. The molecule has 1 unspecified atom stereocenters. The molecule has 1 atom stereocenters. The summed E-state index contributed by atoms with van der Waals surface area (Å²) < 4.78 is 10.8. The van der Waals surface area contributed by atoms with Crippen LogP contribution in [0.3, 0.4) is 0 Å². The zero-order chi connectivity index (χ0) is 18.6. The lowest BCUT2D eigenvalue weighted by molar-refractivity contribution is -0.163. The molecule has 142 valence electrons. The highest BCUT2D eigenvalue weighted by Crippen LogP contribution is 2.38. The standard InChI is InChI=1S/C20H38O4/c1-7-10-12-13-15-23-17(21)19(4,5)16-20(6,9-3)18(22)24-14-11-8-2/h7-16H2,1-6H3. The van der Waals surface area contributed by atoms with Crippen molar-refractivity contribution in [3.05, 3.63) is 0 Å². The fourth-order valence-corrected chi connectivity index (χ4v) is 2.76. The Morgan fingerprint density at radius 1 is 0.750 bits per heavy atom. The summed E-state index contributed by atoms with van der Waals surface area (Å²) in [5.41, 5.74) is -1.35. The van der Waals surface area contributed by atoms with E-state index in [-0.39, 0.29) is 11.9 Å². The molecule has 0 bridgehead atoms. The third-order valence-electron chi connectivity index (χ3n) is 4.62. The topological polar surface area (TPSA) is 52.6 Å². The number of carbonyl (C=O) groups is 2. The quantitative estimate of drug-likeness (QED) is 0.337. The monoisotopic (exact) mass is 342 g/mol. The van der Waals surface area contributed by atoms with Gasteiger partial charge in [-0.2, -0.15) is 0 Å². The van der Waals surface area contributed by atoms with Crippen molar-refractivity contribution in [3.63, 3.8) is 0 Å². The van der Waals surface area contributed by atoms with Gasteiger partial charge in [0.2, 0.25) is 0 Å². The van der Waals surface area contributed by atoms with Crippen molar-refractivity contribution in [1.29, 1.82) is 0 Å². The number of unbranched alkanes of at least 4 members (excludes halogenated alkanes) is 4. The van der Waals surface area contributed by atoms with Gasteiger partial charge in [0.05, 0.1) is 24.0 Å². The predicted octanol–water partition coefficient (Wildman–Crippen LogP) is 5.29. The summed E-state index contributed by atoms with van der Waals surface area (Å²) in [6.45, 7) is 12.7. The van der Waals surface area contributed by atoms with E-state index in [1.165, 1.54) is 6.42 Å². The Hall–Kier alpha value is -1.06. The van der Waals surface area contributed by atoms with Crippen molar-refractivity contribution < 1.29 is 19.1 Å². The maximum absolute atomic E-state index is 12.4. The summed E-state index contributed by atoms with van der Waals surface area (Å²) in [6, 6.07) is 0. The minimum absolute atomic E-state index is 0.206. The summed E-state index contributed by atoms with van der Waals surface area (Å²) in [6.07, 6.45) is 7.26. The molecule has 0 amide bonds. The summed E-state index contributed by atoms with van der Waals surface area (Å²) in [5.74, 6) is -0.428. The van der Waals surface area contributed by atoms with Crippen molar-refractivity contribution >= 4 is 11.9 Å². The van der Waals surface area contributed by atoms with E-state index in [0.717, 1.165) is 32.1 Å². The lowest BCUT2D eigenvalue weighted by atomic mass is 9.72. The number of esters is 2. The van der Waals surface area contributed by atoms with Crippen molar-refractivity contribution in [3.8, 4) is 0 Å². The van der Waals surface area contributed by atoms with Crippen molar-refractivity contribution in [2.75, 3.05) is 13.2 Å². The van der Waals surface area contributed by atoms with Gasteiger partial charge in [-0.25, -0.2) is 0 Å². The van der Waals surface area contributed by atoms with E-state index in [4.69, 9.17) is 9.47 Å². The van der Waals surface area contributed by atoms with E-state index in [1.54, 1.807) is 0 Å². The molecule has 0 aliphatic rings. The van der Waals surface area contributed by atoms with Crippen LogP contribution in [-0.4, -0.2) is 25.2 Å². The molecular formula is C20H38O4. The minimum Gasteiger partial charge on any atom is -0.465 e. The zero-order valence-electron chi connectivity index (χ0n) is 16.7. The van der Waals surface area contributed by atoms with E-state index in [9.17, 15) is 9.59 Å². The van der Waals surface area contributed by atoms with Crippen LogP contribution < -0.4 is 0 Å². The van der Waals surface area contributed by atoms with Gasteiger partial charge in [-0.1, -0.05) is 46.5 Å². The Kier molecular flexibility index (Phi) is 11.0. The van der Waals surface area contributed by atoms with Gasteiger partial charge < -0.3 is 9.47 Å². The number of carbonyl (C=O) groups excluding carboxylic acids is 2. The molecule has 0 saturated heterocycles. The zero-order valence-corrected chi connectivity index (χ0v) is 16.7. The maximum atomic E-state index is 12.4. The molecule has 24 heavy (non-hydrogen) atoms. The summed E-state index contributed by atoms with van der Waals surface area (Å²) in [7, 11) is 0. The Morgan fingerprint density at radius 3 is 1.83 bits per heavy atom. The van der Waals surface area contributed by atoms with Gasteiger partial charge in [-0.05, 0) is 46.5 Å². The van der Waals surface area contributed by atoms with Crippen molar-refractivity contribution in [1.82, 2.24) is 0 Å². The third kappa shape index (κ3) is 8.16. The summed E-state index contributed by atoms with van der Waals surface area (Å²) in [4.78, 5) is 24.8. The maximum Gasteiger partial charge on any atom is 0.311 e. The van der Waals surface area contributed by atoms with Gasteiger partial charge in [0.25, 0.3) is 0 Å². The second-order valence-electron chi connectivity index (χ2n) is 7.66. The first kappa shape index (κ1) is 22.9. The van der Waals surface area contributed by atoms with Crippen LogP contribution in [0.15, 0.2) is 0 Å². The SMILES string of the molecule is CCCCCCOC(=O)C(C)(C)CC(C)(CC)C(=O)OCCCC. The highest BCUT2D eigenvalue weighted by Gasteiger charge is 2.42. The molecule has 0 aromatic heterocycles. The van der Waals surface area contributed by atoms with E-state index >= 15 is 0 Å². The second kappa shape index (κ2) is 11.5. The molecular weight excluding hydrogens is 304 g/mol. The van der Waals surface area contributed by atoms with Crippen molar-refractivity contribution in [2.45, 2.75) is 92.9 Å². The van der Waals surface area contributed by atoms with Crippen LogP contribution in [0.4, 0.5) is 0 Å². The van der Waals surface area contributed by atoms with Gasteiger partial charge in [-0.15, -0.1) is 0 Å². The normalized spacial score (nSPS) is 14.1. The first-order valence-corrected chi connectivity index (χ1v) is 9.58. The molecule has 0 N–H and O–H groups in total. The molecule has 4 nitrogen and oxygen atoms in total. The number of hydrogen-bond donors (Lipinski definition) is 0. The molecule has 0 fully saturated rings. The Bertz CT molecular complexity index is 376. The molecule has 0 aliphatic carbocycles. The highest BCUT2D eigenvalue weighted by molar-refractivity contribution is 5.80. The van der Waals surface area contributed by atoms with E-state index in [1.807, 2.05) is 27.7 Å². The average molecular weight is 343 g/mol. The first-order valence-electron chi connectivity index (χ1n) is 9.58. The fraction of sp³-hybridized carbons (Fsp3) is 0.900. The van der Waals surface area contributed by atoms with Crippen LogP contribution in [0.2, 0.25) is 0 Å². The van der Waals surface area contributed by atoms with Gasteiger partial charge in [0.1, 0.15) is 0 Å². The van der Waals surface area contributed by atoms with Crippen LogP contribution in [0.25, 0.3) is 0 Å². The molecule has 0 radical (unpaired) electrons. The van der Waals surface area contributed by atoms with Gasteiger partial charge >= 0.3 is 11.9 Å². The fourth-order valence-electron chi connectivity index (χ4n) is 2.76. The van der Waals surface area contributed by atoms with Crippen LogP contribution in [0, 0.1) is 10.8 Å². The molecule has 4 heteroatoms. The first-order chi connectivity index (χ1) is 11.2. The Balaban J connectivity index is 4.58. The van der Waals surface area contributed by atoms with Crippen LogP contribution in [-0.2, 0) is 19.1 Å². The number of rotatable bonds is 13. The summed E-state index contributed by atoms with van der Waals surface area (Å²) in [5, 5.41) is 0. The molecule has 0 spiro atoms. The van der Waals surface area contributed by atoms with Crippen LogP contribution >= 0.6 is 0 Å². The van der Waals surface area contributed by atoms with Gasteiger partial charge in [0, 0.05) is 0 Å². The average Bonchev–Trinajstić information content (AvgIpc) is 2.54. The second-order valence-corrected chi connectivity index (χ2v) is 7.66. The summed E-state index contributed by atoms with van der Waals surface area (Å²) >= 11 is 0. The molecule has 0 aliphatic heterocycles. The highest BCUT2D eigenvalue weighted by atomic mass is 16.5. The van der Waals surface area contributed by atoms with E-state index in [2.05, 4.69) is 13.8 Å². The molecule has 0 rings (SSSR count). The number of ether oxygens (including phenoxy) is 2.